The lowest BCUT2D eigenvalue weighted by atomic mass is 9.90. The standard InChI is InChI=1S/C19H20FN5OS.ClH/c1-11-5-12(3-4-16(11)20)17-10-27-19(23-17)24-18(26)15-8-21-7-14(15)13-6-22-25(2)9-13;/h3-6,9-10,14-15,21H,7-8H2,1-2H3,(H,23,24,26);1H/t14-,15+;/m1./s1. The molecule has 2 aromatic heterocycles. The number of benzene rings is 1. The van der Waals surface area contributed by atoms with Crippen molar-refractivity contribution < 1.29 is 9.18 Å². The third-order valence-electron chi connectivity index (χ3n) is 4.89. The summed E-state index contributed by atoms with van der Waals surface area (Å²) in [6.07, 6.45) is 3.77. The SMILES string of the molecule is Cc1cc(-c2csc(NC(=O)[C@H]3CNC[C@@H]3c3cnn(C)c3)n2)ccc1F.Cl. The first-order valence-corrected chi connectivity index (χ1v) is 9.61. The number of hydrogen-bond acceptors (Lipinski definition) is 5. The summed E-state index contributed by atoms with van der Waals surface area (Å²) < 4.78 is 15.2. The minimum absolute atomic E-state index is 0. The second kappa shape index (κ2) is 8.38. The summed E-state index contributed by atoms with van der Waals surface area (Å²) in [4.78, 5) is 17.3. The molecule has 3 heterocycles. The molecule has 148 valence electrons. The summed E-state index contributed by atoms with van der Waals surface area (Å²) in [5.74, 6) is -0.366. The molecule has 1 amide bonds. The molecule has 1 fully saturated rings. The van der Waals surface area contributed by atoms with Gasteiger partial charge in [-0.3, -0.25) is 9.48 Å². The largest absolute Gasteiger partial charge is 0.315 e. The van der Waals surface area contributed by atoms with Crippen molar-refractivity contribution in [3.8, 4) is 11.3 Å². The van der Waals surface area contributed by atoms with E-state index in [1.165, 1.54) is 17.4 Å². The highest BCUT2D eigenvalue weighted by Gasteiger charge is 2.35. The van der Waals surface area contributed by atoms with Crippen LogP contribution in [0.2, 0.25) is 0 Å². The highest BCUT2D eigenvalue weighted by molar-refractivity contribution is 7.14. The fraction of sp³-hybridized carbons (Fsp3) is 0.316. The normalized spacial score (nSPS) is 18.7. The Hall–Kier alpha value is -2.29. The van der Waals surface area contributed by atoms with Crippen LogP contribution in [0, 0.1) is 18.7 Å². The zero-order chi connectivity index (χ0) is 19.0. The molecule has 2 N–H and O–H groups in total. The molecule has 0 unspecified atom stereocenters. The van der Waals surface area contributed by atoms with Gasteiger partial charge in [-0.2, -0.15) is 5.10 Å². The Morgan fingerprint density at radius 2 is 2.21 bits per heavy atom. The molecule has 0 saturated carbocycles. The lowest BCUT2D eigenvalue weighted by Crippen LogP contribution is -2.28. The van der Waals surface area contributed by atoms with Crippen LogP contribution in [-0.4, -0.2) is 33.8 Å². The van der Waals surface area contributed by atoms with E-state index in [0.29, 0.717) is 17.2 Å². The Balaban J connectivity index is 0.00000225. The first-order valence-electron chi connectivity index (χ1n) is 8.73. The van der Waals surface area contributed by atoms with Crippen LogP contribution in [0.4, 0.5) is 9.52 Å². The molecule has 1 aliphatic rings. The molecule has 0 spiro atoms. The van der Waals surface area contributed by atoms with Crippen molar-refractivity contribution in [2.45, 2.75) is 12.8 Å². The predicted octanol–water partition coefficient (Wildman–Crippen LogP) is 3.35. The number of thiazole rings is 1. The van der Waals surface area contributed by atoms with Crippen molar-refractivity contribution in [2.24, 2.45) is 13.0 Å². The van der Waals surface area contributed by atoms with Gasteiger partial charge in [0, 0.05) is 43.2 Å². The fourth-order valence-corrected chi connectivity index (χ4v) is 4.12. The Morgan fingerprint density at radius 3 is 2.93 bits per heavy atom. The van der Waals surface area contributed by atoms with Crippen molar-refractivity contribution in [1.82, 2.24) is 20.1 Å². The first kappa shape index (κ1) is 20.4. The molecule has 9 heteroatoms. The Kier molecular flexibility index (Phi) is 6.12. The van der Waals surface area contributed by atoms with Gasteiger partial charge in [0.05, 0.1) is 17.8 Å². The van der Waals surface area contributed by atoms with E-state index in [1.807, 2.05) is 24.8 Å². The average Bonchev–Trinajstić information content (AvgIpc) is 3.37. The van der Waals surface area contributed by atoms with Crippen LogP contribution in [0.25, 0.3) is 11.3 Å². The molecular weight excluding hydrogens is 401 g/mol. The maximum atomic E-state index is 13.5. The summed E-state index contributed by atoms with van der Waals surface area (Å²) in [5, 5.41) is 12.9. The number of rotatable bonds is 4. The van der Waals surface area contributed by atoms with E-state index in [2.05, 4.69) is 20.7 Å². The topological polar surface area (TPSA) is 71.8 Å². The zero-order valence-electron chi connectivity index (χ0n) is 15.5. The van der Waals surface area contributed by atoms with E-state index < -0.39 is 0 Å². The predicted molar refractivity (Wildman–Crippen MR) is 110 cm³/mol. The van der Waals surface area contributed by atoms with Crippen molar-refractivity contribution >= 4 is 34.8 Å². The highest BCUT2D eigenvalue weighted by atomic mass is 35.5. The number of hydrogen-bond donors (Lipinski definition) is 2. The molecular formula is C19H21ClFN5OS. The van der Waals surface area contributed by atoms with Crippen LogP contribution >= 0.6 is 23.7 Å². The van der Waals surface area contributed by atoms with E-state index >= 15 is 0 Å². The molecule has 1 aromatic carbocycles. The highest BCUT2D eigenvalue weighted by Crippen LogP contribution is 2.30. The van der Waals surface area contributed by atoms with Crippen LogP contribution in [0.3, 0.4) is 0 Å². The smallest absolute Gasteiger partial charge is 0.231 e. The summed E-state index contributed by atoms with van der Waals surface area (Å²) >= 11 is 1.37. The number of amides is 1. The van der Waals surface area contributed by atoms with Crippen LogP contribution < -0.4 is 10.6 Å². The van der Waals surface area contributed by atoms with Crippen LogP contribution in [0.1, 0.15) is 17.0 Å². The third-order valence-corrected chi connectivity index (χ3v) is 5.65. The van der Waals surface area contributed by atoms with Gasteiger partial charge in [-0.1, -0.05) is 0 Å². The maximum absolute atomic E-state index is 13.5. The van der Waals surface area contributed by atoms with Crippen molar-refractivity contribution in [3.05, 3.63) is 52.9 Å². The molecule has 4 rings (SSSR count). The van der Waals surface area contributed by atoms with E-state index in [4.69, 9.17) is 0 Å². The molecule has 3 aromatic rings. The van der Waals surface area contributed by atoms with E-state index in [9.17, 15) is 9.18 Å². The van der Waals surface area contributed by atoms with Gasteiger partial charge in [-0.15, -0.1) is 23.7 Å². The molecule has 0 bridgehead atoms. The Bertz CT molecular complexity index is 988. The van der Waals surface area contributed by atoms with Crippen LogP contribution in [0.15, 0.2) is 36.0 Å². The minimum Gasteiger partial charge on any atom is -0.315 e. The van der Waals surface area contributed by atoms with Gasteiger partial charge in [0.25, 0.3) is 0 Å². The molecule has 0 aliphatic carbocycles. The second-order valence-corrected chi connectivity index (χ2v) is 7.67. The lowest BCUT2D eigenvalue weighted by molar-refractivity contribution is -0.119. The van der Waals surface area contributed by atoms with Crippen molar-refractivity contribution in [1.29, 1.82) is 0 Å². The molecule has 28 heavy (non-hydrogen) atoms. The van der Waals surface area contributed by atoms with Crippen molar-refractivity contribution in [3.63, 3.8) is 0 Å². The number of carbonyl (C=O) groups excluding carboxylic acids is 1. The molecule has 0 radical (unpaired) electrons. The van der Waals surface area contributed by atoms with Gasteiger partial charge < -0.3 is 10.6 Å². The summed E-state index contributed by atoms with van der Waals surface area (Å²) in [6, 6.07) is 4.89. The Labute approximate surface area is 172 Å². The minimum atomic E-state index is -0.238. The summed E-state index contributed by atoms with van der Waals surface area (Å²) in [6.45, 7) is 3.10. The van der Waals surface area contributed by atoms with E-state index in [0.717, 1.165) is 23.4 Å². The van der Waals surface area contributed by atoms with Crippen LogP contribution in [0.5, 0.6) is 0 Å². The quantitative estimate of drug-likeness (QED) is 0.677. The van der Waals surface area contributed by atoms with Gasteiger partial charge in [0.1, 0.15) is 5.82 Å². The third kappa shape index (κ3) is 4.09. The van der Waals surface area contributed by atoms with Gasteiger partial charge in [0.15, 0.2) is 5.13 Å². The molecule has 6 nitrogen and oxygen atoms in total. The van der Waals surface area contributed by atoms with E-state index in [-0.39, 0.29) is 36.0 Å². The monoisotopic (exact) mass is 421 g/mol. The number of nitrogens with zero attached hydrogens (tertiary/aromatic N) is 3. The number of carbonyl (C=O) groups is 1. The summed E-state index contributed by atoms with van der Waals surface area (Å²) in [7, 11) is 1.87. The average molecular weight is 422 g/mol. The number of aryl methyl sites for hydroxylation is 2. The van der Waals surface area contributed by atoms with Gasteiger partial charge in [0.2, 0.25) is 5.91 Å². The zero-order valence-corrected chi connectivity index (χ0v) is 17.1. The van der Waals surface area contributed by atoms with Crippen LogP contribution in [-0.2, 0) is 11.8 Å². The first-order chi connectivity index (χ1) is 13.0. The van der Waals surface area contributed by atoms with Gasteiger partial charge in [-0.25, -0.2) is 9.37 Å². The van der Waals surface area contributed by atoms with Gasteiger partial charge >= 0.3 is 0 Å². The molecule has 1 aliphatic heterocycles. The lowest BCUT2D eigenvalue weighted by Gasteiger charge is -2.15. The maximum Gasteiger partial charge on any atom is 0.231 e. The fourth-order valence-electron chi connectivity index (χ4n) is 3.40. The number of nitrogens with one attached hydrogen (secondary N) is 2. The molecule has 2 atom stereocenters. The number of aromatic nitrogens is 3. The van der Waals surface area contributed by atoms with Gasteiger partial charge in [-0.05, 0) is 36.2 Å². The van der Waals surface area contributed by atoms with Crippen molar-refractivity contribution in [2.75, 3.05) is 18.4 Å². The molecule has 1 saturated heterocycles. The van der Waals surface area contributed by atoms with E-state index in [1.54, 1.807) is 23.7 Å². The second-order valence-electron chi connectivity index (χ2n) is 6.81. The number of anilines is 1. The Morgan fingerprint density at radius 1 is 1.39 bits per heavy atom. The number of halogens is 2. The summed E-state index contributed by atoms with van der Waals surface area (Å²) in [5.41, 5.74) is 3.19.